The maximum atomic E-state index is 12.4. The quantitative estimate of drug-likeness (QED) is 0.0739. The highest BCUT2D eigenvalue weighted by Gasteiger charge is 2.17. The molecule has 0 aliphatic carbocycles. The highest BCUT2D eigenvalue weighted by Crippen LogP contribution is 2.22. The van der Waals surface area contributed by atoms with Crippen molar-refractivity contribution in [1.82, 2.24) is 39.7 Å². The Kier molecular flexibility index (Phi) is 21.2. The van der Waals surface area contributed by atoms with Crippen LogP contribution in [0.3, 0.4) is 0 Å². The molecule has 0 aliphatic rings. The van der Waals surface area contributed by atoms with E-state index in [1.165, 1.54) is 15.4 Å². The van der Waals surface area contributed by atoms with Gasteiger partial charge in [0.15, 0.2) is 5.16 Å². The molecular weight excluding hydrogens is 995 g/mol. The summed E-state index contributed by atoms with van der Waals surface area (Å²) in [4.78, 5) is 53.6. The zero-order valence-electron chi connectivity index (χ0n) is 43.2. The van der Waals surface area contributed by atoms with Crippen molar-refractivity contribution in [3.05, 3.63) is 218 Å². The summed E-state index contributed by atoms with van der Waals surface area (Å²) < 4.78 is 25.5. The van der Waals surface area contributed by atoms with Gasteiger partial charge in [0.2, 0.25) is 0 Å². The van der Waals surface area contributed by atoms with Gasteiger partial charge >= 0.3 is 24.3 Å². The minimum Gasteiger partial charge on any atom is -0.463 e. The van der Waals surface area contributed by atoms with Crippen molar-refractivity contribution in [3.8, 4) is 23.3 Å². The summed E-state index contributed by atoms with van der Waals surface area (Å²) in [6.45, 7) is 3.62. The molecule has 9 rings (SSSR count). The molecule has 0 unspecified atom stereocenters. The van der Waals surface area contributed by atoms with Gasteiger partial charge in [-0.25, -0.2) is 34.0 Å². The van der Waals surface area contributed by atoms with E-state index in [0.717, 1.165) is 51.9 Å². The van der Waals surface area contributed by atoms with Crippen molar-refractivity contribution < 1.29 is 33.3 Å². The molecule has 394 valence electrons. The number of carbonyl (C=O) groups is 3. The molecule has 0 spiro atoms. The first-order chi connectivity index (χ1) is 37.6. The molecule has 0 saturated heterocycles. The van der Waals surface area contributed by atoms with E-state index in [0.29, 0.717) is 49.4 Å². The average Bonchev–Trinajstić information content (AvgIpc) is 4.16. The van der Waals surface area contributed by atoms with Crippen LogP contribution in [0.5, 0.6) is 23.3 Å². The van der Waals surface area contributed by atoms with Crippen LogP contribution in [-0.2, 0) is 32.9 Å². The van der Waals surface area contributed by atoms with E-state index in [9.17, 15) is 14.4 Å². The van der Waals surface area contributed by atoms with Crippen LogP contribution in [0.25, 0.3) is 0 Å². The predicted octanol–water partition coefficient (Wildman–Crippen LogP) is 11.1. The highest BCUT2D eigenvalue weighted by atomic mass is 32.2. The number of imidazole rings is 1. The maximum absolute atomic E-state index is 12.4. The summed E-state index contributed by atoms with van der Waals surface area (Å²) in [5.74, 6) is 2.50. The number of anilines is 3. The molecule has 9 aromatic rings. The van der Waals surface area contributed by atoms with E-state index in [4.69, 9.17) is 18.9 Å². The monoisotopic (exact) mass is 1050 g/mol. The number of carbonyl (C=O) groups excluding carboxylic acids is 3. The highest BCUT2D eigenvalue weighted by molar-refractivity contribution is 7.99. The number of amides is 3. The number of hydrogen-bond donors (Lipinski definition) is 0. The molecule has 3 heterocycles. The van der Waals surface area contributed by atoms with Crippen LogP contribution in [0, 0.1) is 0 Å². The first kappa shape index (κ1) is 55.4. The lowest BCUT2D eigenvalue weighted by molar-refractivity contribution is 0.207. The SMILES string of the molecule is CCN(C(=O)Oc1ccc(CCn2cnnn2)cc1)c1ccccc1.CN(C(=O)Oc1ccc(CCOc2ncccn2)cc1)c1ccccc1.CN(C(=O)Oc1ccc(CCSc2nccn2C)cc1)c1ccccc1. The minimum absolute atomic E-state index is 0.363. The topological polar surface area (TPSA) is 185 Å². The number of thioether (sulfide) groups is 1. The summed E-state index contributed by atoms with van der Waals surface area (Å²) >= 11 is 1.72. The van der Waals surface area contributed by atoms with Crippen molar-refractivity contribution in [2.75, 3.05) is 47.7 Å². The molecule has 0 radical (unpaired) electrons. The summed E-state index contributed by atoms with van der Waals surface area (Å²) in [5, 5.41) is 12.0. The van der Waals surface area contributed by atoms with E-state index in [1.807, 2.05) is 164 Å². The third kappa shape index (κ3) is 17.9. The van der Waals surface area contributed by atoms with Gasteiger partial charge in [0.05, 0.1) is 6.61 Å². The summed E-state index contributed by atoms with van der Waals surface area (Å²) in [6.07, 6.45) is 9.79. The Morgan fingerprint density at radius 3 is 1.49 bits per heavy atom. The fourth-order valence-corrected chi connectivity index (χ4v) is 8.02. The minimum atomic E-state index is -0.437. The maximum Gasteiger partial charge on any atom is 0.419 e. The van der Waals surface area contributed by atoms with E-state index in [-0.39, 0.29) is 0 Å². The Balaban J connectivity index is 0.000000168. The lowest BCUT2D eigenvalue weighted by Gasteiger charge is -2.20. The fourth-order valence-electron chi connectivity index (χ4n) is 7.10. The van der Waals surface area contributed by atoms with Gasteiger partial charge in [-0.2, -0.15) is 0 Å². The molecule has 6 aromatic carbocycles. The van der Waals surface area contributed by atoms with Crippen molar-refractivity contribution in [2.24, 2.45) is 7.05 Å². The lowest BCUT2D eigenvalue weighted by atomic mass is 10.1. The van der Waals surface area contributed by atoms with Crippen LogP contribution in [0.2, 0.25) is 0 Å². The van der Waals surface area contributed by atoms with Crippen LogP contribution < -0.4 is 33.6 Å². The zero-order chi connectivity index (χ0) is 54.0. The third-order valence-corrected chi connectivity index (χ3v) is 12.5. The summed E-state index contributed by atoms with van der Waals surface area (Å²) in [7, 11) is 5.36. The van der Waals surface area contributed by atoms with Gasteiger partial charge in [-0.15, -0.1) is 5.10 Å². The van der Waals surface area contributed by atoms with E-state index in [2.05, 4.69) is 30.5 Å². The second kappa shape index (κ2) is 29.5. The van der Waals surface area contributed by atoms with Gasteiger partial charge < -0.3 is 23.5 Å². The molecule has 77 heavy (non-hydrogen) atoms. The first-order valence-corrected chi connectivity index (χ1v) is 25.6. The lowest BCUT2D eigenvalue weighted by Crippen LogP contribution is -2.33. The molecule has 0 bridgehead atoms. The van der Waals surface area contributed by atoms with Crippen LogP contribution >= 0.6 is 11.8 Å². The Hall–Kier alpha value is -9.36. The van der Waals surface area contributed by atoms with E-state index < -0.39 is 18.3 Å². The molecule has 0 saturated carbocycles. The Morgan fingerprint density at radius 2 is 1.03 bits per heavy atom. The van der Waals surface area contributed by atoms with Crippen molar-refractivity contribution in [3.63, 3.8) is 0 Å². The fraction of sp³-hybridized carbons (Fsp3) is 0.190. The summed E-state index contributed by atoms with van der Waals surface area (Å²) in [5.41, 5.74) is 5.76. The number of para-hydroxylation sites is 3. The van der Waals surface area contributed by atoms with E-state index in [1.54, 1.807) is 90.7 Å². The van der Waals surface area contributed by atoms with Crippen molar-refractivity contribution >= 4 is 47.1 Å². The van der Waals surface area contributed by atoms with Gasteiger partial charge in [0.1, 0.15) is 23.6 Å². The number of rotatable bonds is 18. The van der Waals surface area contributed by atoms with Crippen LogP contribution in [0.4, 0.5) is 31.4 Å². The zero-order valence-corrected chi connectivity index (χ0v) is 44.0. The standard InChI is InChI=1S/C20H19N3O3.C20H21N3O2S.C18H19N5O2/c1-23(17-6-3-2-4-7-17)20(24)26-18-10-8-16(9-11-18)12-15-25-19-21-13-5-14-22-19;1-22-14-13-21-19(22)26-15-12-16-8-10-18(11-9-16)25-20(24)23(2)17-6-4-3-5-7-17;1-2-23(16-6-4-3-5-7-16)18(24)25-17-10-8-15(9-11-17)12-13-22-14-19-20-21-22/h2-11,13-14H,12,15H2,1H3;3-11,13-14H,12,15H2,1-2H3;3-11,14H,2,12-13H2,1H3. The Morgan fingerprint density at radius 1 is 0.545 bits per heavy atom. The number of hydrogen-bond acceptors (Lipinski definition) is 14. The molecule has 0 aliphatic heterocycles. The number of nitrogens with zero attached hydrogens (tertiary/aromatic N) is 11. The van der Waals surface area contributed by atoms with Gasteiger partial charge in [0, 0.05) is 88.3 Å². The second-order valence-electron chi connectivity index (χ2n) is 16.8. The number of aromatic nitrogens is 8. The molecule has 3 aromatic heterocycles. The van der Waals surface area contributed by atoms with Crippen molar-refractivity contribution in [2.45, 2.75) is 37.9 Å². The largest absolute Gasteiger partial charge is 0.463 e. The second-order valence-corrected chi connectivity index (χ2v) is 17.8. The predicted molar refractivity (Wildman–Crippen MR) is 297 cm³/mol. The summed E-state index contributed by atoms with van der Waals surface area (Å²) in [6, 6.07) is 52.8. The van der Waals surface area contributed by atoms with Gasteiger partial charge in [-0.3, -0.25) is 14.7 Å². The molecular formula is C58H59N11O7S. The Labute approximate surface area is 451 Å². The molecule has 0 N–H and O–H groups in total. The molecule has 18 nitrogen and oxygen atoms in total. The number of aryl methyl sites for hydroxylation is 4. The molecule has 19 heteroatoms. The Bertz CT molecular complexity index is 3140. The third-order valence-electron chi connectivity index (χ3n) is 11.4. The van der Waals surface area contributed by atoms with Gasteiger partial charge in [-0.05, 0) is 126 Å². The molecule has 0 fully saturated rings. The van der Waals surface area contributed by atoms with Gasteiger partial charge in [-0.1, -0.05) is 103 Å². The van der Waals surface area contributed by atoms with Gasteiger partial charge in [0.25, 0.3) is 0 Å². The normalized spacial score (nSPS) is 10.4. The van der Waals surface area contributed by atoms with Crippen LogP contribution in [-0.4, -0.2) is 91.0 Å². The van der Waals surface area contributed by atoms with Crippen LogP contribution in [0.1, 0.15) is 23.6 Å². The van der Waals surface area contributed by atoms with Crippen molar-refractivity contribution in [1.29, 1.82) is 0 Å². The number of benzene rings is 6. The first-order valence-electron chi connectivity index (χ1n) is 24.6. The number of ether oxygens (including phenoxy) is 4. The average molecular weight is 1050 g/mol. The van der Waals surface area contributed by atoms with Crippen LogP contribution in [0.15, 0.2) is 206 Å². The molecule has 0 atom stereocenters. The van der Waals surface area contributed by atoms with E-state index >= 15 is 0 Å². The number of tetrazole rings is 1. The molecule has 3 amide bonds. The smallest absolute Gasteiger partial charge is 0.419 e.